The fraction of sp³-hybridized carbons (Fsp3) is 0.462. The topological polar surface area (TPSA) is 106 Å². The molecule has 0 fully saturated rings. The van der Waals surface area contributed by atoms with Gasteiger partial charge >= 0.3 is 0 Å². The van der Waals surface area contributed by atoms with Gasteiger partial charge in [0.2, 0.25) is 15.9 Å². The molecule has 0 atom stereocenters. The summed E-state index contributed by atoms with van der Waals surface area (Å²) < 4.78 is 26.2. The number of sulfonamides is 1. The summed E-state index contributed by atoms with van der Waals surface area (Å²) in [7, 11) is -3.81. The molecule has 0 aromatic heterocycles. The Labute approximate surface area is 130 Å². The lowest BCUT2D eigenvalue weighted by Gasteiger charge is -2.21. The monoisotopic (exact) mass is 333 g/mol. The smallest absolute Gasteiger partial charge is 0.243 e. The van der Waals surface area contributed by atoms with E-state index in [-0.39, 0.29) is 29.6 Å². The number of nitrogens with two attached hydrogens (primary N) is 2. The van der Waals surface area contributed by atoms with Crippen LogP contribution in [0.15, 0.2) is 23.1 Å². The summed E-state index contributed by atoms with van der Waals surface area (Å²) in [4.78, 5) is 11.1. The van der Waals surface area contributed by atoms with E-state index in [0.717, 1.165) is 10.7 Å². The highest BCUT2D eigenvalue weighted by Gasteiger charge is 2.26. The molecule has 0 aliphatic heterocycles. The molecule has 0 radical (unpaired) electrons. The van der Waals surface area contributed by atoms with Crippen molar-refractivity contribution < 1.29 is 13.2 Å². The minimum absolute atomic E-state index is 0.0297. The van der Waals surface area contributed by atoms with E-state index in [1.54, 1.807) is 6.07 Å². The number of hydrogen-bond donors (Lipinski definition) is 2. The number of hydrogen-bond acceptors (Lipinski definition) is 4. The van der Waals surface area contributed by atoms with Crippen molar-refractivity contribution in [1.82, 2.24) is 4.31 Å². The highest BCUT2D eigenvalue weighted by molar-refractivity contribution is 7.89. The molecule has 118 valence electrons. The van der Waals surface area contributed by atoms with Crippen molar-refractivity contribution in [3.05, 3.63) is 28.8 Å². The fourth-order valence-electron chi connectivity index (χ4n) is 1.80. The van der Waals surface area contributed by atoms with Crippen LogP contribution in [0, 0.1) is 0 Å². The Kier molecular flexibility index (Phi) is 6.60. The number of carbonyl (C=O) groups excluding carboxylic acids is 1. The first-order valence-electron chi connectivity index (χ1n) is 6.59. The van der Waals surface area contributed by atoms with Crippen molar-refractivity contribution in [3.8, 4) is 0 Å². The van der Waals surface area contributed by atoms with E-state index in [4.69, 9.17) is 23.1 Å². The summed E-state index contributed by atoms with van der Waals surface area (Å²) in [6.07, 6.45) is 1.44. The Morgan fingerprint density at radius 2 is 2.05 bits per heavy atom. The molecule has 0 spiro atoms. The van der Waals surface area contributed by atoms with Crippen molar-refractivity contribution >= 4 is 27.5 Å². The molecule has 6 nitrogen and oxygen atoms in total. The molecular weight excluding hydrogens is 314 g/mol. The van der Waals surface area contributed by atoms with E-state index in [1.165, 1.54) is 12.1 Å². The second-order valence-corrected chi connectivity index (χ2v) is 6.96. The molecule has 1 rings (SSSR count). The van der Waals surface area contributed by atoms with Crippen LogP contribution in [0.2, 0.25) is 5.02 Å². The molecule has 4 N–H and O–H groups in total. The molecule has 1 amide bonds. The lowest BCUT2D eigenvalue weighted by atomic mass is 10.2. The zero-order chi connectivity index (χ0) is 16.0. The number of unbranched alkanes of at least 4 members (excludes halogenated alkanes) is 1. The quantitative estimate of drug-likeness (QED) is 0.742. The number of rotatable bonds is 8. The van der Waals surface area contributed by atoms with Gasteiger partial charge in [0.25, 0.3) is 0 Å². The Morgan fingerprint density at radius 3 is 2.52 bits per heavy atom. The van der Waals surface area contributed by atoms with Gasteiger partial charge in [-0.2, -0.15) is 4.31 Å². The van der Waals surface area contributed by atoms with Gasteiger partial charge in [-0.05, 0) is 24.1 Å². The van der Waals surface area contributed by atoms with Crippen LogP contribution < -0.4 is 11.5 Å². The minimum atomic E-state index is -3.81. The van der Waals surface area contributed by atoms with Crippen molar-refractivity contribution in [3.63, 3.8) is 0 Å². The van der Waals surface area contributed by atoms with E-state index in [2.05, 4.69) is 0 Å². The molecule has 0 heterocycles. The maximum Gasteiger partial charge on any atom is 0.243 e. The van der Waals surface area contributed by atoms with Crippen LogP contribution >= 0.6 is 11.6 Å². The number of halogens is 1. The second kappa shape index (κ2) is 7.74. The molecule has 1 aromatic rings. The number of amides is 1. The third kappa shape index (κ3) is 4.67. The first-order chi connectivity index (χ1) is 9.82. The molecule has 0 unspecified atom stereocenters. The third-order valence-electron chi connectivity index (χ3n) is 2.98. The molecular formula is C13H20ClN3O3S. The second-order valence-electron chi connectivity index (χ2n) is 4.62. The zero-order valence-corrected chi connectivity index (χ0v) is 13.5. The third-order valence-corrected chi connectivity index (χ3v) is 5.17. The highest BCUT2D eigenvalue weighted by atomic mass is 35.5. The van der Waals surface area contributed by atoms with Crippen LogP contribution in [-0.4, -0.2) is 31.7 Å². The van der Waals surface area contributed by atoms with Gasteiger partial charge in [0, 0.05) is 18.1 Å². The van der Waals surface area contributed by atoms with Gasteiger partial charge < -0.3 is 11.5 Å². The summed E-state index contributed by atoms with van der Waals surface area (Å²) in [6, 6.07) is 4.35. The largest absolute Gasteiger partial charge is 0.369 e. The van der Waals surface area contributed by atoms with Crippen molar-refractivity contribution in [2.75, 3.05) is 13.1 Å². The van der Waals surface area contributed by atoms with Gasteiger partial charge in [0.1, 0.15) is 0 Å². The van der Waals surface area contributed by atoms with Gasteiger partial charge in [-0.15, -0.1) is 0 Å². The molecule has 0 bridgehead atoms. The molecule has 8 heteroatoms. The predicted molar refractivity (Wildman–Crippen MR) is 82.2 cm³/mol. The Bertz CT molecular complexity index is 605. The minimum Gasteiger partial charge on any atom is -0.369 e. The van der Waals surface area contributed by atoms with E-state index >= 15 is 0 Å². The van der Waals surface area contributed by atoms with Gasteiger partial charge in [-0.1, -0.05) is 31.0 Å². The lowest BCUT2D eigenvalue weighted by molar-refractivity contribution is -0.118. The molecule has 0 saturated carbocycles. The van der Waals surface area contributed by atoms with Gasteiger partial charge in [0.05, 0.1) is 11.4 Å². The van der Waals surface area contributed by atoms with Crippen LogP contribution in [-0.2, 0) is 21.4 Å². The van der Waals surface area contributed by atoms with E-state index in [0.29, 0.717) is 12.0 Å². The standard InChI is InChI=1S/C13H20ClN3O3S/c1-2-3-6-17(9-13(16)18)21(19,20)11-5-4-10(8-15)12(14)7-11/h4-5,7H,2-3,6,8-9,15H2,1H3,(H2,16,18). The highest BCUT2D eigenvalue weighted by Crippen LogP contribution is 2.23. The molecule has 0 aliphatic rings. The summed E-state index contributed by atoms with van der Waals surface area (Å²) in [6.45, 7) is 2.04. The lowest BCUT2D eigenvalue weighted by Crippen LogP contribution is -2.39. The number of carbonyl (C=O) groups is 1. The molecule has 0 saturated heterocycles. The van der Waals surface area contributed by atoms with Gasteiger partial charge in [0.15, 0.2) is 0 Å². The summed E-state index contributed by atoms with van der Waals surface area (Å²) in [5.41, 5.74) is 11.3. The van der Waals surface area contributed by atoms with Gasteiger partial charge in [-0.3, -0.25) is 4.79 Å². The molecule has 1 aromatic carbocycles. The first kappa shape index (κ1) is 17.9. The maximum absolute atomic E-state index is 12.6. The Morgan fingerprint density at radius 1 is 1.38 bits per heavy atom. The predicted octanol–water partition coefficient (Wildman–Crippen LogP) is 1.07. The van der Waals surface area contributed by atoms with E-state index in [9.17, 15) is 13.2 Å². The van der Waals surface area contributed by atoms with Crippen LogP contribution in [0.3, 0.4) is 0 Å². The number of primary amides is 1. The first-order valence-corrected chi connectivity index (χ1v) is 8.41. The van der Waals surface area contributed by atoms with Crippen molar-refractivity contribution in [2.24, 2.45) is 11.5 Å². The van der Waals surface area contributed by atoms with Crippen molar-refractivity contribution in [1.29, 1.82) is 0 Å². The fourth-order valence-corrected chi connectivity index (χ4v) is 3.59. The Balaban J connectivity index is 3.15. The maximum atomic E-state index is 12.6. The van der Waals surface area contributed by atoms with E-state index < -0.39 is 15.9 Å². The summed E-state index contributed by atoms with van der Waals surface area (Å²) in [5.74, 6) is -0.695. The Hall–Kier alpha value is -1.15. The van der Waals surface area contributed by atoms with Crippen LogP contribution in [0.1, 0.15) is 25.3 Å². The normalized spacial score (nSPS) is 11.8. The summed E-state index contributed by atoms with van der Waals surface area (Å²) in [5, 5.41) is 0.285. The number of benzene rings is 1. The zero-order valence-electron chi connectivity index (χ0n) is 11.9. The van der Waals surface area contributed by atoms with Crippen LogP contribution in [0.25, 0.3) is 0 Å². The summed E-state index contributed by atoms with van der Waals surface area (Å²) >= 11 is 6.00. The van der Waals surface area contributed by atoms with Crippen LogP contribution in [0.5, 0.6) is 0 Å². The average molecular weight is 334 g/mol. The number of nitrogens with zero attached hydrogens (tertiary/aromatic N) is 1. The average Bonchev–Trinajstić information content (AvgIpc) is 2.42. The van der Waals surface area contributed by atoms with Gasteiger partial charge in [-0.25, -0.2) is 8.42 Å². The molecule has 0 aliphatic carbocycles. The molecule has 21 heavy (non-hydrogen) atoms. The van der Waals surface area contributed by atoms with E-state index in [1.807, 2.05) is 6.92 Å². The van der Waals surface area contributed by atoms with Crippen molar-refractivity contribution in [2.45, 2.75) is 31.2 Å². The van der Waals surface area contributed by atoms with Crippen LogP contribution in [0.4, 0.5) is 0 Å². The SMILES string of the molecule is CCCCN(CC(N)=O)S(=O)(=O)c1ccc(CN)c(Cl)c1.